The molecule has 1 rings (SSSR count). The van der Waals surface area contributed by atoms with Gasteiger partial charge in [-0.1, -0.05) is 165 Å². The van der Waals surface area contributed by atoms with Gasteiger partial charge in [0.2, 0.25) is 0 Å². The zero-order valence-corrected chi connectivity index (χ0v) is 39.3. The molecule has 0 amide bonds. The van der Waals surface area contributed by atoms with Crippen molar-refractivity contribution in [3.63, 3.8) is 0 Å². The first kappa shape index (κ1) is 57.6. The van der Waals surface area contributed by atoms with Crippen LogP contribution in [0.15, 0.2) is 48.6 Å². The first-order valence-corrected chi connectivity index (χ1v) is 25.8. The third kappa shape index (κ3) is 33.2. The number of carbonyl (C=O) groups is 2. The van der Waals surface area contributed by atoms with Gasteiger partial charge in [-0.15, -0.1) is 0 Å². The largest absolute Gasteiger partial charge is 0.462 e. The van der Waals surface area contributed by atoms with Gasteiger partial charge in [-0.05, 0) is 64.2 Å². The fourth-order valence-electron chi connectivity index (χ4n) is 7.11. The third-order valence-electron chi connectivity index (χ3n) is 10.9. The van der Waals surface area contributed by atoms with Gasteiger partial charge >= 0.3 is 11.9 Å². The average molecular weight is 899 g/mol. The van der Waals surface area contributed by atoms with E-state index in [0.29, 0.717) is 25.7 Å². The minimum absolute atomic E-state index is 0.0912. The van der Waals surface area contributed by atoms with E-state index in [-0.39, 0.29) is 19.4 Å². The summed E-state index contributed by atoms with van der Waals surface area (Å²) < 4.78 is 54.0. The van der Waals surface area contributed by atoms with Crippen LogP contribution in [0.5, 0.6) is 0 Å². The van der Waals surface area contributed by atoms with Crippen LogP contribution in [-0.4, -0.2) is 96.0 Å². The van der Waals surface area contributed by atoms with Crippen molar-refractivity contribution in [1.82, 2.24) is 0 Å². The summed E-state index contributed by atoms with van der Waals surface area (Å²) in [4.78, 5) is 25.4. The van der Waals surface area contributed by atoms with Gasteiger partial charge < -0.3 is 34.3 Å². The zero-order chi connectivity index (χ0) is 45.5. The monoisotopic (exact) mass is 899 g/mol. The topological polar surface area (TPSA) is 186 Å². The number of aliphatic hydroxyl groups excluding tert-OH is 3. The summed E-state index contributed by atoms with van der Waals surface area (Å²) in [6.07, 6.45) is 37.4. The van der Waals surface area contributed by atoms with Crippen molar-refractivity contribution in [2.45, 2.75) is 230 Å². The van der Waals surface area contributed by atoms with Crippen molar-refractivity contribution in [3.05, 3.63) is 48.6 Å². The molecule has 4 N–H and O–H groups in total. The van der Waals surface area contributed by atoms with Crippen LogP contribution in [0.4, 0.5) is 0 Å². The summed E-state index contributed by atoms with van der Waals surface area (Å²) >= 11 is 0. The first-order valence-electron chi connectivity index (χ1n) is 24.2. The summed E-state index contributed by atoms with van der Waals surface area (Å²) in [5, 5.41) is 30.9. The molecule has 2 unspecified atom stereocenters. The highest BCUT2D eigenvalue weighted by molar-refractivity contribution is 7.85. The minimum Gasteiger partial charge on any atom is -0.462 e. The van der Waals surface area contributed by atoms with Crippen molar-refractivity contribution >= 4 is 22.1 Å². The second kappa shape index (κ2) is 39.0. The zero-order valence-electron chi connectivity index (χ0n) is 38.5. The minimum atomic E-state index is -4.61. The Bertz CT molecular complexity index is 1330. The van der Waals surface area contributed by atoms with E-state index in [9.17, 15) is 37.9 Å². The number of hydrogen-bond donors (Lipinski definition) is 4. The molecule has 0 spiro atoms. The van der Waals surface area contributed by atoms with Gasteiger partial charge in [0.15, 0.2) is 12.4 Å². The molecule has 6 atom stereocenters. The predicted octanol–water partition coefficient (Wildman–Crippen LogP) is 10.3. The van der Waals surface area contributed by atoms with Crippen LogP contribution >= 0.6 is 0 Å². The van der Waals surface area contributed by atoms with Gasteiger partial charge in [0.1, 0.15) is 36.8 Å². The summed E-state index contributed by atoms with van der Waals surface area (Å²) in [6.45, 7) is 3.70. The van der Waals surface area contributed by atoms with E-state index in [4.69, 9.17) is 18.9 Å². The smallest absolute Gasteiger partial charge is 0.306 e. The lowest BCUT2D eigenvalue weighted by Crippen LogP contribution is -2.60. The van der Waals surface area contributed by atoms with Crippen molar-refractivity contribution in [3.8, 4) is 0 Å². The van der Waals surface area contributed by atoms with Crippen molar-refractivity contribution in [2.24, 2.45) is 0 Å². The molecule has 12 nitrogen and oxygen atoms in total. The molecule has 360 valence electrons. The molecule has 13 heteroatoms. The maximum absolute atomic E-state index is 12.8. The molecule has 0 aliphatic carbocycles. The van der Waals surface area contributed by atoms with E-state index >= 15 is 0 Å². The van der Waals surface area contributed by atoms with E-state index in [1.807, 2.05) is 12.2 Å². The Morgan fingerprint density at radius 1 is 0.548 bits per heavy atom. The van der Waals surface area contributed by atoms with Crippen LogP contribution in [0.2, 0.25) is 0 Å². The lowest BCUT2D eigenvalue weighted by molar-refractivity contribution is -0.297. The Labute approximate surface area is 375 Å². The molecule has 62 heavy (non-hydrogen) atoms. The van der Waals surface area contributed by atoms with E-state index in [0.717, 1.165) is 25.7 Å². The molecule has 1 heterocycles. The van der Waals surface area contributed by atoms with E-state index in [1.165, 1.54) is 116 Å². The maximum Gasteiger partial charge on any atom is 0.306 e. The predicted molar refractivity (Wildman–Crippen MR) is 247 cm³/mol. The second-order valence-electron chi connectivity index (χ2n) is 16.8. The van der Waals surface area contributed by atoms with Crippen LogP contribution < -0.4 is 0 Å². The molecule has 0 radical (unpaired) electrons. The number of allylic oxidation sites excluding steroid dienone is 8. The Morgan fingerprint density at radius 2 is 0.968 bits per heavy atom. The Kier molecular flexibility index (Phi) is 36.3. The lowest BCUT2D eigenvalue weighted by atomic mass is 10.00. The standard InChI is InChI=1S/C49H86O12S/c1-3-5-7-9-11-13-15-17-19-21-23-25-27-29-31-33-35-37-44(50)58-39-42(40-59-49-48(54)47(53)46(52)43(61-49)41-62(55,56)57)60-45(51)38-36-34-32-30-28-26-24-22-20-18-16-14-12-10-8-6-4-2/h23-26,29-32,42-43,46-49,52-54H,3-22,27-28,33-41H2,1-2H3,(H,55,56,57)/b25-23+,26-24+,31-29+,32-30+/t42-,43-,46-,47?,48?,49+/m1/s1. The highest BCUT2D eigenvalue weighted by Gasteiger charge is 2.46. The molecule has 0 aromatic rings. The fourth-order valence-corrected chi connectivity index (χ4v) is 7.80. The molecule has 0 aromatic carbocycles. The van der Waals surface area contributed by atoms with Crippen LogP contribution in [0, 0.1) is 0 Å². The van der Waals surface area contributed by atoms with Gasteiger partial charge in [-0.3, -0.25) is 14.1 Å². The van der Waals surface area contributed by atoms with Crippen LogP contribution in [0.1, 0.15) is 194 Å². The van der Waals surface area contributed by atoms with Gasteiger partial charge in [-0.2, -0.15) is 8.42 Å². The number of rotatable bonds is 40. The Morgan fingerprint density at radius 3 is 1.42 bits per heavy atom. The lowest BCUT2D eigenvalue weighted by Gasteiger charge is -2.40. The average Bonchev–Trinajstić information content (AvgIpc) is 3.24. The van der Waals surface area contributed by atoms with E-state index in [2.05, 4.69) is 50.3 Å². The number of unbranched alkanes of at least 4 members (excludes halogenated alkanes) is 20. The molecule has 0 aromatic heterocycles. The molecule has 1 aliphatic rings. The number of esters is 2. The molecular formula is C49H86O12S. The van der Waals surface area contributed by atoms with Crippen LogP contribution in [-0.2, 0) is 38.7 Å². The van der Waals surface area contributed by atoms with Crippen molar-refractivity contribution in [1.29, 1.82) is 0 Å². The van der Waals surface area contributed by atoms with E-state index < -0.39 is 71.2 Å². The SMILES string of the molecule is CCCCCCCCCCC/C=C/C/C=C/CCCC(=O)OC[C@H](CO[C@H]1O[C@H](CS(=O)(=O)O)[C@@H](O)C(O)C1O)OC(=O)CCC/C=C/C/C=C/CCCCCCCCCCC. The van der Waals surface area contributed by atoms with E-state index in [1.54, 1.807) is 0 Å². The summed E-state index contributed by atoms with van der Waals surface area (Å²) in [5.41, 5.74) is 0. The highest BCUT2D eigenvalue weighted by Crippen LogP contribution is 2.24. The van der Waals surface area contributed by atoms with Gasteiger partial charge in [0, 0.05) is 12.8 Å². The molecule has 0 bridgehead atoms. The molecular weight excluding hydrogens is 813 g/mol. The number of carbonyl (C=O) groups excluding carboxylic acids is 2. The second-order valence-corrected chi connectivity index (χ2v) is 18.3. The third-order valence-corrected chi connectivity index (χ3v) is 11.6. The molecule has 0 saturated carbocycles. The fraction of sp³-hybridized carbons (Fsp3) is 0.796. The van der Waals surface area contributed by atoms with Gasteiger partial charge in [-0.25, -0.2) is 0 Å². The van der Waals surface area contributed by atoms with Crippen LogP contribution in [0.3, 0.4) is 0 Å². The molecule has 1 fully saturated rings. The quantitative estimate of drug-likeness (QED) is 0.0198. The summed E-state index contributed by atoms with van der Waals surface area (Å²) in [5.74, 6) is -2.10. The molecule has 1 saturated heterocycles. The van der Waals surface area contributed by atoms with Crippen molar-refractivity contribution < 1.29 is 56.8 Å². The summed E-state index contributed by atoms with van der Waals surface area (Å²) in [7, 11) is -4.61. The van der Waals surface area contributed by atoms with Gasteiger partial charge in [0.25, 0.3) is 10.1 Å². The normalized spacial score (nSPS) is 20.3. The number of aliphatic hydroxyl groups is 3. The first-order chi connectivity index (χ1) is 30.0. The summed E-state index contributed by atoms with van der Waals surface area (Å²) in [6, 6.07) is 0. The van der Waals surface area contributed by atoms with Gasteiger partial charge in [0.05, 0.1) is 6.61 Å². The van der Waals surface area contributed by atoms with Crippen molar-refractivity contribution in [2.75, 3.05) is 19.0 Å². The number of hydrogen-bond acceptors (Lipinski definition) is 11. The highest BCUT2D eigenvalue weighted by atomic mass is 32.2. The molecule has 1 aliphatic heterocycles. The maximum atomic E-state index is 12.8. The Balaban J connectivity index is 2.48. The van der Waals surface area contributed by atoms with Crippen LogP contribution in [0.25, 0.3) is 0 Å². The Hall–Kier alpha value is -2.39. The number of ether oxygens (including phenoxy) is 4.